The first-order chi connectivity index (χ1) is 16.6. The number of aliphatic hydroxyl groups is 1. The summed E-state index contributed by atoms with van der Waals surface area (Å²) < 4.78 is 10.9. The van der Waals surface area contributed by atoms with Gasteiger partial charge in [0, 0.05) is 26.0 Å². The van der Waals surface area contributed by atoms with Gasteiger partial charge < -0.3 is 24.8 Å². The Morgan fingerprint density at radius 2 is 1.97 bits per heavy atom. The van der Waals surface area contributed by atoms with Crippen LogP contribution in [0.2, 0.25) is 0 Å². The van der Waals surface area contributed by atoms with Crippen molar-refractivity contribution in [2.24, 2.45) is 5.92 Å². The Kier molecular flexibility index (Phi) is 9.19. The highest BCUT2D eigenvalue weighted by Crippen LogP contribution is 2.43. The zero-order valence-electron chi connectivity index (χ0n) is 21.6. The van der Waals surface area contributed by atoms with Crippen LogP contribution in [0.5, 0.6) is 0 Å². The number of nitrogens with one attached hydrogen (secondary N) is 1. The third-order valence-electron chi connectivity index (χ3n) is 6.92. The summed E-state index contributed by atoms with van der Waals surface area (Å²) in [5.74, 6) is 5.88. The van der Waals surface area contributed by atoms with Gasteiger partial charge in [-0.25, -0.2) is 9.59 Å². The van der Waals surface area contributed by atoms with Crippen LogP contribution in [0.3, 0.4) is 0 Å². The number of carbonyl (C=O) groups excluding carboxylic acids is 3. The van der Waals surface area contributed by atoms with Crippen LogP contribution in [-0.4, -0.2) is 70.6 Å². The van der Waals surface area contributed by atoms with Crippen molar-refractivity contribution in [3.8, 4) is 11.8 Å². The topological polar surface area (TPSA) is 122 Å². The Balaban J connectivity index is 1.81. The lowest BCUT2D eigenvalue weighted by Gasteiger charge is -2.29. The summed E-state index contributed by atoms with van der Waals surface area (Å²) in [6.07, 6.45) is 4.95. The number of hydrogen-bond acceptors (Lipinski definition) is 6. The molecule has 1 aliphatic carbocycles. The molecule has 5 atom stereocenters. The van der Waals surface area contributed by atoms with Crippen molar-refractivity contribution in [3.05, 3.63) is 0 Å². The van der Waals surface area contributed by atoms with Gasteiger partial charge in [0.25, 0.3) is 0 Å². The third kappa shape index (κ3) is 7.18. The first kappa shape index (κ1) is 27.4. The summed E-state index contributed by atoms with van der Waals surface area (Å²) in [7, 11) is 0. The van der Waals surface area contributed by atoms with Gasteiger partial charge in [-0.3, -0.25) is 10.1 Å². The highest BCUT2D eigenvalue weighted by Gasteiger charge is 2.66. The third-order valence-corrected chi connectivity index (χ3v) is 6.92. The zero-order chi connectivity index (χ0) is 25.6. The Morgan fingerprint density at radius 1 is 1.23 bits per heavy atom. The van der Waals surface area contributed by atoms with E-state index in [1.807, 2.05) is 0 Å². The summed E-state index contributed by atoms with van der Waals surface area (Å²) in [4.78, 5) is 41.1. The predicted molar refractivity (Wildman–Crippen MR) is 129 cm³/mol. The van der Waals surface area contributed by atoms with E-state index in [4.69, 9.17) is 9.47 Å². The molecule has 3 amide bonds. The molecule has 3 rings (SSSR count). The van der Waals surface area contributed by atoms with Gasteiger partial charge in [0.1, 0.15) is 17.7 Å². The number of carbonyl (C=O) groups is 3. The highest BCUT2D eigenvalue weighted by atomic mass is 16.6. The van der Waals surface area contributed by atoms with Gasteiger partial charge in [0.2, 0.25) is 12.2 Å². The second-order valence-electron chi connectivity index (χ2n) is 10.9. The number of fused-ring (bicyclic) bond motifs is 2. The molecular weight excluding hydrogens is 450 g/mol. The van der Waals surface area contributed by atoms with Crippen molar-refractivity contribution < 1.29 is 34.3 Å². The molecule has 2 aliphatic heterocycles. The van der Waals surface area contributed by atoms with Gasteiger partial charge in [0.05, 0.1) is 5.92 Å². The van der Waals surface area contributed by atoms with Crippen LogP contribution in [-0.2, 0) is 19.1 Å². The summed E-state index contributed by atoms with van der Waals surface area (Å²) in [5, 5.41) is 15.0. The summed E-state index contributed by atoms with van der Waals surface area (Å²) in [5.41, 5.74) is -1.51. The van der Waals surface area contributed by atoms with Gasteiger partial charge in [-0.05, 0) is 53.4 Å². The van der Waals surface area contributed by atoms with Crippen molar-refractivity contribution in [2.45, 2.75) is 115 Å². The summed E-state index contributed by atoms with van der Waals surface area (Å²) >= 11 is 0. The number of alkyl carbamates (subject to hydrolysis) is 1. The van der Waals surface area contributed by atoms with Gasteiger partial charge in [-0.1, -0.05) is 25.2 Å². The lowest BCUT2D eigenvalue weighted by Crippen LogP contribution is -3.00. The summed E-state index contributed by atoms with van der Waals surface area (Å²) in [6, 6.07) is -1.36. The number of ether oxygens (including phenoxy) is 2. The number of primary amides is 1. The quantitative estimate of drug-likeness (QED) is 0.403. The summed E-state index contributed by atoms with van der Waals surface area (Å²) in [6.45, 7) is 7.92. The van der Waals surface area contributed by atoms with Crippen molar-refractivity contribution in [3.63, 3.8) is 0 Å². The van der Waals surface area contributed by atoms with Crippen molar-refractivity contribution in [1.82, 2.24) is 10.2 Å². The first-order valence-electron chi connectivity index (χ1n) is 13.0. The van der Waals surface area contributed by atoms with Crippen LogP contribution in [0.1, 0.15) is 85.5 Å². The van der Waals surface area contributed by atoms with E-state index >= 15 is 0 Å². The minimum atomic E-state index is -1.11. The molecule has 1 saturated carbocycles. The average Bonchev–Trinajstić information content (AvgIpc) is 3.23. The van der Waals surface area contributed by atoms with Crippen LogP contribution >= 0.6 is 0 Å². The minimum Gasteiger partial charge on any atom is -0.444 e. The number of hydrogen-bond donors (Lipinski definition) is 3. The van der Waals surface area contributed by atoms with Gasteiger partial charge in [-0.2, -0.15) is 0 Å². The fraction of sp³-hybridized carbons (Fsp3) is 0.808. The minimum absolute atomic E-state index is 0.131. The Morgan fingerprint density at radius 3 is 2.69 bits per heavy atom. The molecule has 2 fully saturated rings. The van der Waals surface area contributed by atoms with E-state index in [2.05, 4.69) is 17.2 Å². The maximum atomic E-state index is 13.6. The standard InChI is InChI=1S/C26H41N3O6/c1-5-34-23(32)26-17-18(26)13-10-8-6-7-9-11-14-19(27-24(33)35-25(2,3)4)22(31)29-16-12-15-20(29)21(30)28-26/h18-20,23,32H,5-9,11-12,14-17H2,1-4H3,(H,27,33)(H,28,30)/p+1. The first-order valence-corrected chi connectivity index (χ1v) is 13.0. The monoisotopic (exact) mass is 492 g/mol. The maximum absolute atomic E-state index is 13.6. The molecule has 35 heavy (non-hydrogen) atoms. The van der Waals surface area contributed by atoms with Crippen LogP contribution in [0.15, 0.2) is 0 Å². The number of rotatable bonds is 4. The van der Waals surface area contributed by atoms with E-state index in [0.717, 1.165) is 32.1 Å². The predicted octanol–water partition coefficient (Wildman–Crippen LogP) is 1.43. The molecular formula is C26H42N3O6+. The largest absolute Gasteiger partial charge is 0.444 e. The van der Waals surface area contributed by atoms with Crippen LogP contribution in [0.25, 0.3) is 0 Å². The molecule has 9 nitrogen and oxygen atoms in total. The van der Waals surface area contributed by atoms with Crippen molar-refractivity contribution in [1.29, 1.82) is 0 Å². The highest BCUT2D eigenvalue weighted by molar-refractivity contribution is 5.89. The molecule has 9 heteroatoms. The Hall–Kier alpha value is -2.15. The molecule has 3 aliphatic rings. The lowest BCUT2D eigenvalue weighted by molar-refractivity contribution is -0.644. The van der Waals surface area contributed by atoms with E-state index in [1.165, 1.54) is 0 Å². The zero-order valence-corrected chi connectivity index (χ0v) is 21.6. The van der Waals surface area contributed by atoms with Gasteiger partial charge >= 0.3 is 12.0 Å². The molecule has 4 N–H and O–H groups in total. The number of aliphatic hydroxyl groups excluding tert-OH is 1. The van der Waals surface area contributed by atoms with E-state index in [-0.39, 0.29) is 17.7 Å². The number of nitrogens with zero attached hydrogens (tertiary/aromatic N) is 1. The van der Waals surface area contributed by atoms with Crippen molar-refractivity contribution in [2.75, 3.05) is 13.2 Å². The molecule has 5 unspecified atom stereocenters. The SMILES string of the molecule is CCOC(O)C12CC1C#CCCCCCCC(NC(=O)OC(C)(C)C)C(=O)N1CCCC1C(=O)[NH2+]2. The van der Waals surface area contributed by atoms with Gasteiger partial charge in [0.15, 0.2) is 5.54 Å². The fourth-order valence-electron chi connectivity index (χ4n) is 5.00. The van der Waals surface area contributed by atoms with Crippen molar-refractivity contribution >= 4 is 17.9 Å². The van der Waals surface area contributed by atoms with Crippen LogP contribution < -0.4 is 10.6 Å². The molecule has 0 aromatic carbocycles. The molecule has 2 heterocycles. The second kappa shape index (κ2) is 11.7. The van der Waals surface area contributed by atoms with E-state index in [0.29, 0.717) is 38.8 Å². The lowest BCUT2D eigenvalue weighted by atomic mass is 10.0. The van der Waals surface area contributed by atoms with E-state index < -0.39 is 35.6 Å². The molecule has 0 spiro atoms. The molecule has 0 aromatic rings. The van der Waals surface area contributed by atoms with Crippen LogP contribution in [0.4, 0.5) is 4.79 Å². The van der Waals surface area contributed by atoms with Crippen LogP contribution in [0, 0.1) is 17.8 Å². The molecule has 196 valence electrons. The van der Waals surface area contributed by atoms with Gasteiger partial charge in [-0.15, -0.1) is 5.92 Å². The molecule has 0 bridgehead atoms. The van der Waals surface area contributed by atoms with E-state index in [9.17, 15) is 19.5 Å². The number of quaternary nitrogens is 1. The second-order valence-corrected chi connectivity index (χ2v) is 10.9. The Bertz CT molecular complexity index is 844. The van der Waals surface area contributed by atoms with E-state index in [1.54, 1.807) is 37.9 Å². The Labute approximate surface area is 208 Å². The molecule has 0 radical (unpaired) electrons. The average molecular weight is 493 g/mol. The maximum Gasteiger partial charge on any atom is 0.408 e. The number of amides is 3. The molecule has 0 aromatic heterocycles. The fourth-order valence-corrected chi connectivity index (χ4v) is 5.00. The smallest absolute Gasteiger partial charge is 0.408 e. The number of nitrogens with two attached hydrogens (primary N) is 1. The normalized spacial score (nSPS) is 31.0. The molecule has 1 saturated heterocycles.